The normalized spacial score (nSPS) is 12.8. The minimum Gasteiger partial charge on any atom is -0.489 e. The minimum absolute atomic E-state index is 0.0994. The second kappa shape index (κ2) is 41.5. The maximum absolute atomic E-state index is 13.3. The smallest absolute Gasteiger partial charge is 0.337 e. The Morgan fingerprint density at radius 2 is 0.438 bits per heavy atom. The lowest BCUT2D eigenvalue weighted by atomic mass is 9.77. The number of ether oxygens (including phenoxy) is 11. The Labute approximate surface area is 853 Å². The maximum Gasteiger partial charge on any atom is 0.337 e. The molecular formula is C128H143NO15. The molecule has 0 fully saturated rings. The molecule has 0 aliphatic heterocycles. The van der Waals surface area contributed by atoms with Crippen LogP contribution in [0.2, 0.25) is 0 Å². The average Bonchev–Trinajstić information content (AvgIpc) is 0.722. The second-order valence-electron chi connectivity index (χ2n) is 47.1. The highest BCUT2D eigenvalue weighted by Crippen LogP contribution is 2.49. The molecule has 2 aliphatic carbocycles. The first-order chi connectivity index (χ1) is 67.7. The van der Waals surface area contributed by atoms with Crippen LogP contribution in [-0.2, 0) is 134 Å². The number of methoxy groups -OCH3 is 4. The first-order valence-corrected chi connectivity index (χ1v) is 50.2. The molecule has 0 spiro atoms. The molecule has 0 atom stereocenters. The van der Waals surface area contributed by atoms with E-state index in [9.17, 15) is 19.2 Å². The quantitative estimate of drug-likeness (QED) is 0.0333. The molecule has 0 saturated carbocycles. The molecule has 750 valence electrons. The summed E-state index contributed by atoms with van der Waals surface area (Å²) in [7, 11) is 5.23. The lowest BCUT2D eigenvalue weighted by Crippen LogP contribution is -2.17. The van der Waals surface area contributed by atoms with Crippen molar-refractivity contribution in [1.29, 1.82) is 0 Å². The number of aryl methyl sites for hydroxylation is 2. The predicted octanol–water partition coefficient (Wildman–Crippen LogP) is 30.2. The standard InChI is InChI=1S/C128H143NO15/c1-121(2,3)95-41-77(42-96(63-95)122(4,5)6)70-139-104-51-82(52-105(67-104)140-71-78-43-97(123(7,8)9)64-98(44-78)124(10,11)12)75-143-108-49-81(50-109(69-108)144-76-83-53-106(141-72-79-45-99(125(13,14)15)65-100(46-79)126(16,17)18)68-107(54-83)142-73-80-47-101(127(19,20)21)66-102(48-80)128(22,23)24)74-138-103-37-33-86(34-38-103)114-110-39-35-84-29-31-87(89-55-91(117(130)134-25)59-92(56-89)118(131)135-26)61-112(84)115(110)129-116-111(114)40-36-85-30-32-88(62-113(85)116)90-57-93(119(132)136-27)60-94(58-90)120(133)137-28/h29-34,37-38,41-69H,35-36,39-40,70-76H2,1-28H3. The van der Waals surface area contributed by atoms with Crippen LogP contribution in [-0.4, -0.2) is 57.3 Å². The van der Waals surface area contributed by atoms with Crippen molar-refractivity contribution in [2.75, 3.05) is 28.4 Å². The van der Waals surface area contributed by atoms with Crippen molar-refractivity contribution in [2.24, 2.45) is 0 Å². The van der Waals surface area contributed by atoms with E-state index in [1.807, 2.05) is 78.9 Å². The van der Waals surface area contributed by atoms with Crippen molar-refractivity contribution in [3.8, 4) is 96.1 Å². The van der Waals surface area contributed by atoms with Crippen LogP contribution in [0.4, 0.5) is 0 Å². The summed E-state index contributed by atoms with van der Waals surface area (Å²) in [5.41, 5.74) is 29.0. The molecule has 0 bridgehead atoms. The van der Waals surface area contributed by atoms with Crippen LogP contribution in [0.5, 0.6) is 40.2 Å². The highest BCUT2D eigenvalue weighted by atomic mass is 16.5. The van der Waals surface area contributed by atoms with E-state index in [4.69, 9.17) is 57.1 Å². The van der Waals surface area contributed by atoms with Crippen molar-refractivity contribution >= 4 is 23.9 Å². The second-order valence-corrected chi connectivity index (χ2v) is 47.1. The van der Waals surface area contributed by atoms with Gasteiger partial charge in [0.05, 0.1) is 62.1 Å². The van der Waals surface area contributed by atoms with Gasteiger partial charge in [0.2, 0.25) is 0 Å². The molecular weight excluding hydrogens is 1790 g/mol. The van der Waals surface area contributed by atoms with Crippen molar-refractivity contribution in [2.45, 2.75) is 281 Å². The molecule has 0 N–H and O–H groups in total. The Kier molecular flexibility index (Phi) is 30.2. The Morgan fingerprint density at radius 3 is 0.660 bits per heavy atom. The van der Waals surface area contributed by atoms with E-state index in [0.29, 0.717) is 103 Å². The van der Waals surface area contributed by atoms with Gasteiger partial charge in [-0.15, -0.1) is 0 Å². The van der Waals surface area contributed by atoms with E-state index < -0.39 is 23.9 Å². The Hall–Kier alpha value is -13.7. The number of esters is 4. The molecule has 16 nitrogen and oxygen atoms in total. The van der Waals surface area contributed by atoms with E-state index in [2.05, 4.69) is 275 Å². The van der Waals surface area contributed by atoms with Gasteiger partial charge in [-0.3, -0.25) is 0 Å². The number of aromatic nitrogens is 1. The van der Waals surface area contributed by atoms with Crippen LogP contribution in [0.3, 0.4) is 0 Å². The molecule has 144 heavy (non-hydrogen) atoms. The lowest BCUT2D eigenvalue weighted by molar-refractivity contribution is 0.0581. The SMILES string of the molecule is COC(=O)c1cc(C(=O)OC)cc(-c2ccc3c(c2)-c2nc4c(c(-c5ccc(OCc6cc(OCc7cc(OCc8cc(C(C)(C)C)cc(C(C)(C)C)c8)cc(OCc8cc(C(C)(C)C)cc(C(C)(C)C)c8)c7)cc(OCc7cc(OCc8cc(C(C)(C)C)cc(C(C)(C)C)c8)cc(OCc8cc(C(C)(C)C)cc(C(C)(C)C)c8)c7)c6)cc5)c2CC3)CCc2ccc(-c3cc(C(=O)OC)cc(C(=O)OC)c3)cc2-4)c1. The van der Waals surface area contributed by atoms with Crippen molar-refractivity contribution in [3.05, 3.63) is 352 Å². The van der Waals surface area contributed by atoms with Crippen LogP contribution in [0.25, 0.3) is 55.9 Å². The summed E-state index contributed by atoms with van der Waals surface area (Å²) in [4.78, 5) is 58.9. The summed E-state index contributed by atoms with van der Waals surface area (Å²) in [6.07, 6.45) is 2.73. The van der Waals surface area contributed by atoms with Crippen LogP contribution < -0.4 is 33.2 Å². The van der Waals surface area contributed by atoms with Gasteiger partial charge < -0.3 is 52.1 Å². The Bertz CT molecular complexity index is 6250. The van der Waals surface area contributed by atoms with Crippen molar-refractivity contribution < 1.29 is 71.3 Å². The third kappa shape index (κ3) is 25.2. The van der Waals surface area contributed by atoms with E-state index in [1.165, 1.54) is 85.1 Å². The number of fused-ring (bicyclic) bond motifs is 6. The fourth-order valence-electron chi connectivity index (χ4n) is 18.5. The summed E-state index contributed by atoms with van der Waals surface area (Å²) >= 11 is 0. The number of rotatable bonds is 28. The molecule has 16 heteroatoms. The fourth-order valence-corrected chi connectivity index (χ4v) is 18.5. The summed E-state index contributed by atoms with van der Waals surface area (Å²) in [6, 6.07) is 76.1. The van der Waals surface area contributed by atoms with E-state index in [1.54, 1.807) is 24.3 Å². The predicted molar refractivity (Wildman–Crippen MR) is 577 cm³/mol. The lowest BCUT2D eigenvalue weighted by Gasteiger charge is -2.29. The van der Waals surface area contributed by atoms with Crippen LogP contribution in [0.15, 0.2) is 224 Å². The average molecular weight is 1940 g/mol. The van der Waals surface area contributed by atoms with Gasteiger partial charge in [-0.25, -0.2) is 24.2 Å². The zero-order valence-electron chi connectivity index (χ0n) is 89.7. The molecule has 1 aromatic heterocycles. The highest BCUT2D eigenvalue weighted by Gasteiger charge is 2.34. The number of carbonyl (C=O) groups is 4. The maximum atomic E-state index is 13.3. The number of benzene rings is 12. The third-order valence-electron chi connectivity index (χ3n) is 27.3. The summed E-state index contributed by atoms with van der Waals surface area (Å²) in [5, 5.41) is 0. The van der Waals surface area contributed by atoms with Gasteiger partial charge >= 0.3 is 23.9 Å². The van der Waals surface area contributed by atoms with Gasteiger partial charge in [0.1, 0.15) is 86.5 Å². The van der Waals surface area contributed by atoms with Gasteiger partial charge in [0.15, 0.2) is 0 Å². The van der Waals surface area contributed by atoms with Gasteiger partial charge in [-0.2, -0.15) is 0 Å². The molecule has 2 aliphatic rings. The number of pyridine rings is 1. The van der Waals surface area contributed by atoms with E-state index >= 15 is 0 Å². The molecule has 0 radical (unpaired) electrons. The first kappa shape index (κ1) is 105. The first-order valence-electron chi connectivity index (χ1n) is 50.2. The summed E-state index contributed by atoms with van der Waals surface area (Å²) in [6.45, 7) is 55.8. The number of nitrogens with zero attached hydrogens (tertiary/aromatic N) is 1. The zero-order valence-corrected chi connectivity index (χ0v) is 89.7. The molecule has 15 rings (SSSR count). The molecule has 0 saturated heterocycles. The van der Waals surface area contributed by atoms with Gasteiger partial charge in [0, 0.05) is 29.3 Å². The number of hydrogen-bond donors (Lipinski definition) is 0. The van der Waals surface area contributed by atoms with Gasteiger partial charge in [-0.1, -0.05) is 275 Å². The van der Waals surface area contributed by atoms with Crippen LogP contribution >= 0.6 is 0 Å². The number of hydrogen-bond acceptors (Lipinski definition) is 16. The highest BCUT2D eigenvalue weighted by molar-refractivity contribution is 6.00. The largest absolute Gasteiger partial charge is 0.489 e. The van der Waals surface area contributed by atoms with E-state index in [0.717, 1.165) is 106 Å². The molecule has 0 amide bonds. The molecule has 12 aromatic carbocycles. The van der Waals surface area contributed by atoms with Crippen LogP contribution in [0, 0.1) is 0 Å². The molecule has 0 unspecified atom stereocenters. The molecule has 1 heterocycles. The van der Waals surface area contributed by atoms with Crippen molar-refractivity contribution in [3.63, 3.8) is 0 Å². The van der Waals surface area contributed by atoms with Gasteiger partial charge in [0.25, 0.3) is 0 Å². The fraction of sp³-hybridized carbons (Fsp3) is 0.367. The topological polar surface area (TPSA) is 183 Å². The van der Waals surface area contributed by atoms with E-state index in [-0.39, 0.29) is 85.4 Å². The van der Waals surface area contributed by atoms with Crippen LogP contribution in [0.1, 0.15) is 313 Å². The third-order valence-corrected chi connectivity index (χ3v) is 27.3. The zero-order chi connectivity index (χ0) is 104. The summed E-state index contributed by atoms with van der Waals surface area (Å²) < 4.78 is 69.7. The molecule has 13 aromatic rings. The number of carbonyl (C=O) groups excluding carboxylic acids is 4. The summed E-state index contributed by atoms with van der Waals surface area (Å²) in [5.74, 6) is 1.83. The van der Waals surface area contributed by atoms with Crippen molar-refractivity contribution in [1.82, 2.24) is 4.98 Å². The monoisotopic (exact) mass is 1930 g/mol. The Balaban J connectivity index is 0.816. The Morgan fingerprint density at radius 1 is 0.222 bits per heavy atom. The minimum atomic E-state index is -0.599. The van der Waals surface area contributed by atoms with Gasteiger partial charge in [-0.05, 0) is 305 Å².